The van der Waals surface area contributed by atoms with E-state index in [9.17, 15) is 8.78 Å². The number of aromatic nitrogens is 2. The molecule has 0 saturated heterocycles. The molecule has 0 bridgehead atoms. The molecule has 0 spiro atoms. The van der Waals surface area contributed by atoms with E-state index in [1.807, 2.05) is 36.5 Å². The number of halogens is 2. The van der Waals surface area contributed by atoms with E-state index < -0.39 is 11.6 Å². The summed E-state index contributed by atoms with van der Waals surface area (Å²) in [4.78, 5) is 0. The predicted octanol–water partition coefficient (Wildman–Crippen LogP) is 7.30. The molecule has 2 nitrogen and oxygen atoms in total. The number of hydrogen-bond acceptors (Lipinski definition) is 0. The van der Waals surface area contributed by atoms with Gasteiger partial charge in [-0.15, -0.1) is 0 Å². The summed E-state index contributed by atoms with van der Waals surface area (Å²) in [5.74, 6) is -1.55. The standard InChI is InChI=1S/C34H26F2N2/c1-22-33-28(26-12-5-6-13-27(26)32-15-7-8-18-38(32)33)17-16-24-20-30(35)31(36)21-29(24)34-25(14-9-19-37(22)34)23-10-3-2-4-11-23/h2-15,18-21,28,33H,1,16-17H2/q+2. The molecule has 0 N–H and O–H groups in total. The van der Waals surface area contributed by atoms with E-state index in [-0.39, 0.29) is 12.0 Å². The minimum Gasteiger partial charge on any atom is -0.204 e. The van der Waals surface area contributed by atoms with E-state index in [2.05, 4.69) is 76.5 Å². The number of allylic oxidation sites excluding steroid dienone is 1. The summed E-state index contributed by atoms with van der Waals surface area (Å²) in [6.07, 6.45) is 5.51. The average molecular weight is 501 g/mol. The zero-order chi connectivity index (χ0) is 25.8. The van der Waals surface area contributed by atoms with Gasteiger partial charge in [0.05, 0.1) is 17.0 Å². The normalized spacial score (nSPS) is 17.6. The van der Waals surface area contributed by atoms with E-state index in [4.69, 9.17) is 0 Å². The number of fused-ring (bicyclic) bond motifs is 9. The molecule has 2 aromatic heterocycles. The summed E-state index contributed by atoms with van der Waals surface area (Å²) < 4.78 is 33.9. The molecular formula is C34H26F2N2+2. The van der Waals surface area contributed by atoms with Crippen LogP contribution in [-0.4, -0.2) is 0 Å². The van der Waals surface area contributed by atoms with Gasteiger partial charge in [0.1, 0.15) is 0 Å². The van der Waals surface area contributed by atoms with Crippen LogP contribution in [0.4, 0.5) is 8.78 Å². The van der Waals surface area contributed by atoms with Crippen LogP contribution in [0.5, 0.6) is 0 Å². The molecule has 7 rings (SSSR count). The van der Waals surface area contributed by atoms with Crippen LogP contribution in [0.1, 0.15) is 29.5 Å². The Kier molecular flexibility index (Phi) is 5.29. The molecular weight excluding hydrogens is 474 g/mol. The van der Waals surface area contributed by atoms with E-state index in [0.717, 1.165) is 40.2 Å². The van der Waals surface area contributed by atoms with E-state index in [0.29, 0.717) is 12.0 Å². The Hall–Kier alpha value is -4.44. The topological polar surface area (TPSA) is 7.76 Å². The zero-order valence-electron chi connectivity index (χ0n) is 20.8. The number of hydrogen-bond donors (Lipinski definition) is 0. The third-order valence-corrected chi connectivity index (χ3v) is 8.06. The summed E-state index contributed by atoms with van der Waals surface area (Å²) >= 11 is 0. The Balaban J connectivity index is 1.55. The lowest BCUT2D eigenvalue weighted by molar-refractivity contribution is -0.727. The van der Waals surface area contributed by atoms with Crippen LogP contribution >= 0.6 is 0 Å². The molecule has 0 radical (unpaired) electrons. The first-order valence-corrected chi connectivity index (χ1v) is 13.0. The van der Waals surface area contributed by atoms with Gasteiger partial charge in [0.25, 0.3) is 0 Å². The number of benzene rings is 3. The Morgan fingerprint density at radius 2 is 1.45 bits per heavy atom. The van der Waals surface area contributed by atoms with Crippen LogP contribution in [-0.2, 0) is 6.42 Å². The van der Waals surface area contributed by atoms with Gasteiger partial charge < -0.3 is 0 Å². The fourth-order valence-corrected chi connectivity index (χ4v) is 6.39. The first-order valence-electron chi connectivity index (χ1n) is 13.0. The second-order valence-corrected chi connectivity index (χ2v) is 10.1. The van der Waals surface area contributed by atoms with Crippen molar-refractivity contribution in [2.75, 3.05) is 0 Å². The molecule has 3 aromatic carbocycles. The van der Waals surface area contributed by atoms with Crippen LogP contribution in [0.25, 0.3) is 39.3 Å². The minimum atomic E-state index is -0.842. The predicted molar refractivity (Wildman–Crippen MR) is 145 cm³/mol. The Morgan fingerprint density at radius 3 is 2.32 bits per heavy atom. The lowest BCUT2D eigenvalue weighted by Crippen LogP contribution is -2.53. The monoisotopic (exact) mass is 500 g/mol. The van der Waals surface area contributed by atoms with Crippen LogP contribution < -0.4 is 9.13 Å². The maximum absolute atomic E-state index is 14.8. The second-order valence-electron chi connectivity index (χ2n) is 10.1. The van der Waals surface area contributed by atoms with Crippen LogP contribution in [0.2, 0.25) is 0 Å². The Labute approximate surface area is 220 Å². The molecule has 4 heterocycles. The summed E-state index contributed by atoms with van der Waals surface area (Å²) in [5.41, 5.74) is 8.80. The maximum atomic E-state index is 14.8. The highest BCUT2D eigenvalue weighted by Crippen LogP contribution is 2.45. The lowest BCUT2D eigenvalue weighted by Gasteiger charge is -2.29. The van der Waals surface area contributed by atoms with Crippen molar-refractivity contribution in [3.05, 3.63) is 139 Å². The SMILES string of the molecule is C=C1C2C(CCc3cc(F)c(F)cc3-c3c(-c4ccccc4)ccc[n+]31)c1ccccc1-c1cccc[n+]12. The van der Waals surface area contributed by atoms with Gasteiger partial charge in [-0.3, -0.25) is 0 Å². The van der Waals surface area contributed by atoms with Crippen molar-refractivity contribution in [1.82, 2.24) is 0 Å². The highest BCUT2D eigenvalue weighted by atomic mass is 19.2. The van der Waals surface area contributed by atoms with Gasteiger partial charge in [0.15, 0.2) is 24.0 Å². The average Bonchev–Trinajstić information content (AvgIpc) is 3.01. The number of rotatable bonds is 1. The molecule has 2 atom stereocenters. The van der Waals surface area contributed by atoms with Crippen molar-refractivity contribution < 1.29 is 17.9 Å². The first-order chi connectivity index (χ1) is 18.6. The summed E-state index contributed by atoms with van der Waals surface area (Å²) in [7, 11) is 0. The minimum absolute atomic E-state index is 0.0696. The molecule has 5 aromatic rings. The van der Waals surface area contributed by atoms with Gasteiger partial charge in [-0.25, -0.2) is 8.78 Å². The third-order valence-electron chi connectivity index (χ3n) is 8.06. The molecule has 0 aliphatic carbocycles. The van der Waals surface area contributed by atoms with E-state index in [1.165, 1.54) is 23.3 Å². The molecule has 0 fully saturated rings. The fraction of sp³-hybridized carbons (Fsp3) is 0.118. The van der Waals surface area contributed by atoms with Crippen molar-refractivity contribution in [2.24, 2.45) is 0 Å². The van der Waals surface area contributed by atoms with Crippen LogP contribution in [0.3, 0.4) is 0 Å². The largest absolute Gasteiger partial charge is 0.249 e. The summed E-state index contributed by atoms with van der Waals surface area (Å²) in [6, 6.07) is 31.6. The molecule has 0 saturated carbocycles. The maximum Gasteiger partial charge on any atom is 0.249 e. The number of pyridine rings is 2. The van der Waals surface area contributed by atoms with Crippen molar-refractivity contribution in [3.63, 3.8) is 0 Å². The second kappa shape index (κ2) is 8.84. The number of aryl methyl sites for hydroxylation is 1. The van der Waals surface area contributed by atoms with Gasteiger partial charge in [0, 0.05) is 23.8 Å². The van der Waals surface area contributed by atoms with Crippen LogP contribution in [0, 0.1) is 11.6 Å². The van der Waals surface area contributed by atoms with Crippen molar-refractivity contribution >= 4 is 5.70 Å². The lowest BCUT2D eigenvalue weighted by atomic mass is 9.78. The van der Waals surface area contributed by atoms with E-state index in [1.54, 1.807) is 0 Å². The van der Waals surface area contributed by atoms with Gasteiger partial charge >= 0.3 is 0 Å². The molecule has 4 heteroatoms. The quantitative estimate of drug-likeness (QED) is 0.214. The zero-order valence-corrected chi connectivity index (χ0v) is 20.8. The molecule has 2 aliphatic heterocycles. The van der Waals surface area contributed by atoms with Gasteiger partial charge in [-0.2, -0.15) is 9.13 Å². The van der Waals surface area contributed by atoms with Crippen molar-refractivity contribution in [3.8, 4) is 33.6 Å². The van der Waals surface area contributed by atoms with E-state index >= 15 is 0 Å². The first kappa shape index (κ1) is 22.7. The van der Waals surface area contributed by atoms with Crippen molar-refractivity contribution in [2.45, 2.75) is 24.8 Å². The van der Waals surface area contributed by atoms with Gasteiger partial charge in [0.2, 0.25) is 23.1 Å². The number of nitrogens with zero attached hydrogens (tertiary/aromatic N) is 2. The Morgan fingerprint density at radius 1 is 0.711 bits per heavy atom. The Bertz CT molecular complexity index is 1720. The molecule has 2 unspecified atom stereocenters. The van der Waals surface area contributed by atoms with Crippen LogP contribution in [0.15, 0.2) is 116 Å². The smallest absolute Gasteiger partial charge is 0.204 e. The highest BCUT2D eigenvalue weighted by Gasteiger charge is 2.47. The summed E-state index contributed by atoms with van der Waals surface area (Å²) in [6.45, 7) is 4.68. The fourth-order valence-electron chi connectivity index (χ4n) is 6.39. The third kappa shape index (κ3) is 3.44. The van der Waals surface area contributed by atoms with Gasteiger partial charge in [-0.1, -0.05) is 48.5 Å². The molecule has 2 aliphatic rings. The highest BCUT2D eigenvalue weighted by molar-refractivity contribution is 5.81. The molecule has 38 heavy (non-hydrogen) atoms. The van der Waals surface area contributed by atoms with Gasteiger partial charge in [-0.05, 0) is 66.4 Å². The molecule has 0 amide bonds. The van der Waals surface area contributed by atoms with Crippen molar-refractivity contribution in [1.29, 1.82) is 0 Å². The summed E-state index contributed by atoms with van der Waals surface area (Å²) in [5, 5.41) is 0. The molecule has 184 valence electrons.